The molecule has 0 aromatic heterocycles. The van der Waals surface area contributed by atoms with Gasteiger partial charge in [-0.15, -0.1) is 0 Å². The van der Waals surface area contributed by atoms with Crippen molar-refractivity contribution in [3.8, 4) is 0 Å². The van der Waals surface area contributed by atoms with E-state index in [4.69, 9.17) is 5.73 Å². The molecule has 0 aliphatic rings. The van der Waals surface area contributed by atoms with Crippen LogP contribution in [0.15, 0.2) is 24.3 Å². The van der Waals surface area contributed by atoms with Gasteiger partial charge in [-0.2, -0.15) is 0 Å². The fraction of sp³-hybridized carbons (Fsp3) is 0.462. The minimum absolute atomic E-state index is 0.127. The number of hydrogen-bond donors (Lipinski definition) is 2. The Hall–Kier alpha value is -1.35. The van der Waals surface area contributed by atoms with Crippen molar-refractivity contribution in [1.82, 2.24) is 5.32 Å². The Morgan fingerprint density at radius 1 is 1.38 bits per heavy atom. The highest BCUT2D eigenvalue weighted by Gasteiger charge is 2.06. The second-order valence-corrected chi connectivity index (χ2v) is 4.07. The zero-order valence-corrected chi connectivity index (χ0v) is 9.99. The van der Waals surface area contributed by atoms with E-state index in [1.54, 1.807) is 0 Å². The molecule has 0 bridgehead atoms. The van der Waals surface area contributed by atoms with Gasteiger partial charge in [-0.25, -0.2) is 0 Å². The van der Waals surface area contributed by atoms with Crippen molar-refractivity contribution in [2.45, 2.75) is 39.3 Å². The van der Waals surface area contributed by atoms with Crippen molar-refractivity contribution in [3.05, 3.63) is 35.4 Å². The first-order chi connectivity index (χ1) is 7.63. The monoisotopic (exact) mass is 220 g/mol. The molecule has 3 heteroatoms. The van der Waals surface area contributed by atoms with Gasteiger partial charge in [0.25, 0.3) is 0 Å². The third kappa shape index (κ3) is 4.03. The molecule has 1 aromatic carbocycles. The molecule has 16 heavy (non-hydrogen) atoms. The third-order valence-corrected chi connectivity index (χ3v) is 2.65. The Kier molecular flexibility index (Phi) is 4.99. The predicted octanol–water partition coefficient (Wildman–Crippen LogP) is 1.60. The summed E-state index contributed by atoms with van der Waals surface area (Å²) in [6.07, 6.45) is 1.41. The van der Waals surface area contributed by atoms with E-state index in [1.807, 2.05) is 13.0 Å². The summed E-state index contributed by atoms with van der Waals surface area (Å²) in [5.74, 6) is -0.260. The molecule has 0 aliphatic carbocycles. The molecule has 3 N–H and O–H groups in total. The van der Waals surface area contributed by atoms with Crippen LogP contribution in [0.1, 0.15) is 31.4 Å². The summed E-state index contributed by atoms with van der Waals surface area (Å²) in [5, 5.41) is 3.30. The van der Waals surface area contributed by atoms with Crippen molar-refractivity contribution in [2.24, 2.45) is 5.73 Å². The lowest BCUT2D eigenvalue weighted by molar-refractivity contribution is -0.118. The standard InChI is InChI=1S/C13H20N2O/c1-3-11-6-4-5-7-12(11)9-15-10(2)8-13(14)16/h4-7,10,15H,3,8-9H2,1-2H3,(H2,14,16). The number of nitrogens with one attached hydrogen (secondary N) is 1. The zero-order chi connectivity index (χ0) is 12.0. The van der Waals surface area contributed by atoms with E-state index in [9.17, 15) is 4.79 Å². The average Bonchev–Trinajstić information content (AvgIpc) is 2.26. The van der Waals surface area contributed by atoms with E-state index >= 15 is 0 Å². The van der Waals surface area contributed by atoms with Crippen LogP contribution in [-0.4, -0.2) is 11.9 Å². The smallest absolute Gasteiger partial charge is 0.218 e. The Balaban J connectivity index is 2.50. The van der Waals surface area contributed by atoms with Gasteiger partial charge in [-0.05, 0) is 24.5 Å². The van der Waals surface area contributed by atoms with E-state index < -0.39 is 0 Å². The fourth-order valence-corrected chi connectivity index (χ4v) is 1.73. The minimum atomic E-state index is -0.260. The van der Waals surface area contributed by atoms with Crippen molar-refractivity contribution in [1.29, 1.82) is 0 Å². The third-order valence-electron chi connectivity index (χ3n) is 2.65. The van der Waals surface area contributed by atoms with Crippen LogP contribution >= 0.6 is 0 Å². The summed E-state index contributed by atoms with van der Waals surface area (Å²) >= 11 is 0. The lowest BCUT2D eigenvalue weighted by Crippen LogP contribution is -2.30. The summed E-state index contributed by atoms with van der Waals surface area (Å²) in [5.41, 5.74) is 7.78. The molecule has 1 rings (SSSR count). The van der Waals surface area contributed by atoms with Crippen LogP contribution in [-0.2, 0) is 17.8 Å². The Bertz CT molecular complexity index is 350. The first-order valence-electron chi connectivity index (χ1n) is 5.72. The molecule has 1 amide bonds. The number of carbonyl (C=O) groups excluding carboxylic acids is 1. The molecule has 1 atom stereocenters. The quantitative estimate of drug-likeness (QED) is 0.765. The molecule has 0 spiro atoms. The van der Waals surface area contributed by atoms with Gasteiger partial charge in [0.15, 0.2) is 0 Å². The topological polar surface area (TPSA) is 55.1 Å². The molecule has 88 valence electrons. The number of nitrogens with two attached hydrogens (primary N) is 1. The summed E-state index contributed by atoms with van der Waals surface area (Å²) < 4.78 is 0. The molecule has 0 saturated heterocycles. The number of benzene rings is 1. The molecule has 1 unspecified atom stereocenters. The number of carbonyl (C=O) groups is 1. The first kappa shape index (κ1) is 12.7. The summed E-state index contributed by atoms with van der Waals surface area (Å²) in [6, 6.07) is 8.46. The molecular formula is C13H20N2O. The van der Waals surface area contributed by atoms with E-state index in [1.165, 1.54) is 11.1 Å². The van der Waals surface area contributed by atoms with E-state index in [0.717, 1.165) is 13.0 Å². The highest BCUT2D eigenvalue weighted by atomic mass is 16.1. The lowest BCUT2D eigenvalue weighted by Gasteiger charge is -2.13. The van der Waals surface area contributed by atoms with Crippen molar-refractivity contribution in [3.63, 3.8) is 0 Å². The van der Waals surface area contributed by atoms with Gasteiger partial charge in [0.05, 0.1) is 0 Å². The highest BCUT2D eigenvalue weighted by molar-refractivity contribution is 5.74. The van der Waals surface area contributed by atoms with Crippen molar-refractivity contribution in [2.75, 3.05) is 0 Å². The van der Waals surface area contributed by atoms with Gasteiger partial charge in [0.1, 0.15) is 0 Å². The normalized spacial score (nSPS) is 12.4. The van der Waals surface area contributed by atoms with Crippen LogP contribution in [0.4, 0.5) is 0 Å². The largest absolute Gasteiger partial charge is 0.370 e. The number of hydrogen-bond acceptors (Lipinski definition) is 2. The summed E-state index contributed by atoms with van der Waals surface area (Å²) in [6.45, 7) is 4.91. The minimum Gasteiger partial charge on any atom is -0.370 e. The lowest BCUT2D eigenvalue weighted by atomic mass is 10.0. The number of rotatable bonds is 6. The summed E-state index contributed by atoms with van der Waals surface area (Å²) in [7, 11) is 0. The molecule has 3 nitrogen and oxygen atoms in total. The molecule has 0 fully saturated rings. The van der Waals surface area contributed by atoms with Gasteiger partial charge in [-0.3, -0.25) is 4.79 Å². The maximum absolute atomic E-state index is 10.7. The van der Waals surface area contributed by atoms with E-state index in [2.05, 4.69) is 30.4 Å². The second-order valence-electron chi connectivity index (χ2n) is 4.07. The maximum atomic E-state index is 10.7. The van der Waals surface area contributed by atoms with E-state index in [-0.39, 0.29) is 11.9 Å². The Morgan fingerprint density at radius 2 is 2.00 bits per heavy atom. The van der Waals surface area contributed by atoms with Crippen LogP contribution in [0, 0.1) is 0 Å². The predicted molar refractivity (Wildman–Crippen MR) is 65.9 cm³/mol. The van der Waals surface area contributed by atoms with Gasteiger partial charge in [0, 0.05) is 19.0 Å². The van der Waals surface area contributed by atoms with Gasteiger partial charge in [-0.1, -0.05) is 31.2 Å². The second kappa shape index (κ2) is 6.28. The number of aryl methyl sites for hydroxylation is 1. The van der Waals surface area contributed by atoms with Crippen LogP contribution < -0.4 is 11.1 Å². The zero-order valence-electron chi connectivity index (χ0n) is 9.99. The Morgan fingerprint density at radius 3 is 2.56 bits per heavy atom. The van der Waals surface area contributed by atoms with Crippen LogP contribution in [0.5, 0.6) is 0 Å². The number of amides is 1. The van der Waals surface area contributed by atoms with Crippen LogP contribution in [0.2, 0.25) is 0 Å². The molecule has 1 aromatic rings. The molecule has 0 aliphatic heterocycles. The number of primary amides is 1. The maximum Gasteiger partial charge on any atom is 0.218 e. The summed E-state index contributed by atoms with van der Waals surface area (Å²) in [4.78, 5) is 10.7. The molecule has 0 heterocycles. The molecule has 0 radical (unpaired) electrons. The van der Waals surface area contributed by atoms with E-state index in [0.29, 0.717) is 6.42 Å². The van der Waals surface area contributed by atoms with Crippen molar-refractivity contribution >= 4 is 5.91 Å². The van der Waals surface area contributed by atoms with Gasteiger partial charge in [0.2, 0.25) is 5.91 Å². The van der Waals surface area contributed by atoms with Gasteiger partial charge < -0.3 is 11.1 Å². The van der Waals surface area contributed by atoms with Crippen LogP contribution in [0.25, 0.3) is 0 Å². The molecule has 0 saturated carbocycles. The van der Waals surface area contributed by atoms with Crippen molar-refractivity contribution < 1.29 is 4.79 Å². The highest BCUT2D eigenvalue weighted by Crippen LogP contribution is 2.09. The van der Waals surface area contributed by atoms with Gasteiger partial charge >= 0.3 is 0 Å². The fourth-order valence-electron chi connectivity index (χ4n) is 1.73. The SMILES string of the molecule is CCc1ccccc1CNC(C)CC(N)=O. The average molecular weight is 220 g/mol. The molecular weight excluding hydrogens is 200 g/mol. The first-order valence-corrected chi connectivity index (χ1v) is 5.72. The Labute approximate surface area is 97.0 Å². The van der Waals surface area contributed by atoms with Crippen LogP contribution in [0.3, 0.4) is 0 Å².